The Kier molecular flexibility index (Phi) is 3.73. The molecule has 0 N–H and O–H groups in total. The molecule has 0 aromatic heterocycles. The molecule has 6 aromatic carbocycles. The van der Waals surface area contributed by atoms with Gasteiger partial charge in [0.2, 0.25) is 0 Å². The first-order chi connectivity index (χ1) is 14.3. The molecule has 6 aromatic rings. The number of hydrogen-bond acceptors (Lipinski definition) is 1. The minimum Gasteiger partial charge on any atom is -0.376 e. The fourth-order valence-corrected chi connectivity index (χ4v) is 6.25. The van der Waals surface area contributed by atoms with Crippen molar-refractivity contribution >= 4 is 78.8 Å². The molecule has 0 aliphatic carbocycles. The van der Waals surface area contributed by atoms with Gasteiger partial charge in [-0.1, -0.05) is 54.6 Å². The van der Waals surface area contributed by atoms with Gasteiger partial charge in [-0.2, -0.15) is 0 Å². The highest BCUT2D eigenvalue weighted by Gasteiger charge is 2.07. The first kappa shape index (κ1) is 16.8. The van der Waals surface area contributed by atoms with Gasteiger partial charge >= 0.3 is 0 Å². The van der Waals surface area contributed by atoms with Gasteiger partial charge in [0.05, 0.1) is 0 Å². The predicted molar refractivity (Wildman–Crippen MR) is 133 cm³/mol. The van der Waals surface area contributed by atoms with E-state index in [1.165, 1.54) is 59.0 Å². The Hall–Kier alpha value is -3.15. The molecule has 3 heteroatoms. The molecule has 0 atom stereocenters. The Labute approximate surface area is 174 Å². The van der Waals surface area contributed by atoms with E-state index in [1.54, 1.807) is 0 Å². The number of benzene rings is 6. The zero-order valence-electron chi connectivity index (χ0n) is 16.2. The predicted octanol–water partition coefficient (Wildman–Crippen LogP) is 4.98. The summed E-state index contributed by atoms with van der Waals surface area (Å²) in [5, 5.41) is 14.6. The van der Waals surface area contributed by atoms with Crippen molar-refractivity contribution in [2.45, 2.75) is 0 Å². The highest BCUT2D eigenvalue weighted by atomic mass is 28.2. The lowest BCUT2D eigenvalue weighted by Gasteiger charge is -2.10. The average Bonchev–Trinajstić information content (AvgIpc) is 2.75. The summed E-state index contributed by atoms with van der Waals surface area (Å²) in [6.45, 7) is 0. The normalized spacial score (nSPS) is 12.3. The third kappa shape index (κ3) is 2.66. The molecule has 1 nitrogen and oxygen atoms in total. The van der Waals surface area contributed by atoms with Gasteiger partial charge in [0.15, 0.2) is 0 Å². The largest absolute Gasteiger partial charge is 0.376 e. The van der Waals surface area contributed by atoms with E-state index < -0.39 is 0 Å². The van der Waals surface area contributed by atoms with Crippen molar-refractivity contribution in [3.05, 3.63) is 91.0 Å². The van der Waals surface area contributed by atoms with Gasteiger partial charge in [-0.25, -0.2) is 0 Å². The number of rotatable bonds is 1. The molecule has 0 spiro atoms. The molecule has 0 unspecified atom stereocenters. The standard InChI is InChI=1S/C26H19NSi2/c28-27-29-26-7-3-6-18-12-19-8-9-20-13-21-10-16-4-1-2-5-17(16)11-22(21)14-23(20)24(19)15-25(18)26/h1-15,29H,28H3/b29-27-. The van der Waals surface area contributed by atoms with E-state index in [0.29, 0.717) is 0 Å². The molecule has 0 aliphatic rings. The van der Waals surface area contributed by atoms with Crippen molar-refractivity contribution in [3.63, 3.8) is 0 Å². The molecule has 136 valence electrons. The minimum absolute atomic E-state index is 0.0191. The molecule has 29 heavy (non-hydrogen) atoms. The summed E-state index contributed by atoms with van der Waals surface area (Å²) in [6.07, 6.45) is 0. The van der Waals surface area contributed by atoms with Gasteiger partial charge in [0, 0.05) is 0 Å². The summed E-state index contributed by atoms with van der Waals surface area (Å²) >= 11 is 0. The van der Waals surface area contributed by atoms with Crippen LogP contribution in [0.5, 0.6) is 0 Å². The lowest BCUT2D eigenvalue weighted by atomic mass is 9.95. The van der Waals surface area contributed by atoms with Crippen LogP contribution in [-0.2, 0) is 0 Å². The smallest absolute Gasteiger partial charge is 0.125 e. The fraction of sp³-hybridized carbons (Fsp3) is 0. The van der Waals surface area contributed by atoms with Gasteiger partial charge in [0.1, 0.15) is 19.7 Å². The van der Waals surface area contributed by atoms with Crippen molar-refractivity contribution in [1.29, 1.82) is 0 Å². The van der Waals surface area contributed by atoms with Crippen molar-refractivity contribution < 1.29 is 0 Å². The van der Waals surface area contributed by atoms with Crippen LogP contribution in [0.25, 0.3) is 53.9 Å². The van der Waals surface area contributed by atoms with Crippen LogP contribution in [0.4, 0.5) is 0 Å². The molecule has 0 amide bonds. The van der Waals surface area contributed by atoms with Crippen molar-refractivity contribution in [2.75, 3.05) is 0 Å². The van der Waals surface area contributed by atoms with E-state index in [4.69, 9.17) is 0 Å². The molecule has 0 aliphatic heterocycles. The molecular weight excluding hydrogens is 382 g/mol. The highest BCUT2D eigenvalue weighted by molar-refractivity contribution is 6.51. The third-order valence-electron chi connectivity index (χ3n) is 5.96. The number of nitrogens with zero attached hydrogens (tertiary/aromatic N) is 1. The van der Waals surface area contributed by atoms with Gasteiger partial charge in [-0.15, -0.1) is 0 Å². The zero-order valence-corrected chi connectivity index (χ0v) is 19.3. The topological polar surface area (TPSA) is 12.4 Å². The zero-order chi connectivity index (χ0) is 19.4. The van der Waals surface area contributed by atoms with Crippen LogP contribution in [0.2, 0.25) is 0 Å². The highest BCUT2D eigenvalue weighted by Crippen LogP contribution is 2.33. The Balaban J connectivity index is 1.74. The molecule has 6 rings (SSSR count). The lowest BCUT2D eigenvalue weighted by Crippen LogP contribution is -2.07. The van der Waals surface area contributed by atoms with E-state index in [2.05, 4.69) is 95.3 Å². The first-order valence-corrected chi connectivity index (χ1v) is 11.9. The van der Waals surface area contributed by atoms with Crippen LogP contribution in [0, 0.1) is 0 Å². The van der Waals surface area contributed by atoms with Crippen LogP contribution < -0.4 is 5.19 Å². The van der Waals surface area contributed by atoms with Gasteiger partial charge in [-0.3, -0.25) is 0 Å². The van der Waals surface area contributed by atoms with E-state index in [9.17, 15) is 0 Å². The molecule has 0 bridgehead atoms. The summed E-state index contributed by atoms with van der Waals surface area (Å²) in [7, 11) is 0.935. The number of fused-ring (bicyclic) bond motifs is 6. The SMILES string of the molecule is [SiH3]/N=[SiH]\c1cccc2cc3ccc4cc5cc6ccccc6cc5cc4c3cc12. The Morgan fingerprint density at radius 2 is 1.03 bits per heavy atom. The van der Waals surface area contributed by atoms with Crippen molar-refractivity contribution in [3.8, 4) is 0 Å². The second kappa shape index (κ2) is 6.44. The van der Waals surface area contributed by atoms with Crippen LogP contribution in [0.15, 0.2) is 95.3 Å². The molecule has 0 saturated heterocycles. The van der Waals surface area contributed by atoms with Crippen LogP contribution in [0.1, 0.15) is 0 Å². The van der Waals surface area contributed by atoms with E-state index >= 15 is 0 Å². The summed E-state index contributed by atoms with van der Waals surface area (Å²) in [6, 6.07) is 33.9. The van der Waals surface area contributed by atoms with Crippen LogP contribution in [-0.4, -0.2) is 19.7 Å². The fourth-order valence-electron chi connectivity index (χ4n) is 4.55. The third-order valence-corrected chi connectivity index (χ3v) is 7.77. The molecular formula is C26H19NSi2. The van der Waals surface area contributed by atoms with Gasteiger partial charge < -0.3 is 4.30 Å². The van der Waals surface area contributed by atoms with Crippen molar-refractivity contribution in [1.82, 2.24) is 0 Å². The maximum Gasteiger partial charge on any atom is 0.125 e. The second-order valence-corrected chi connectivity index (χ2v) is 10.7. The summed E-state index contributed by atoms with van der Waals surface area (Å²) in [5.41, 5.74) is 0. The minimum atomic E-state index is 0.0191. The molecule has 0 saturated carbocycles. The van der Waals surface area contributed by atoms with Crippen molar-refractivity contribution in [2.24, 2.45) is 4.30 Å². The summed E-state index contributed by atoms with van der Waals surface area (Å²) < 4.78 is 4.59. The van der Waals surface area contributed by atoms with Gasteiger partial charge in [0.25, 0.3) is 0 Å². The Morgan fingerprint density at radius 1 is 0.483 bits per heavy atom. The Morgan fingerprint density at radius 3 is 1.76 bits per heavy atom. The van der Waals surface area contributed by atoms with E-state index in [1.807, 2.05) is 0 Å². The first-order valence-electron chi connectivity index (χ1n) is 9.94. The molecule has 0 heterocycles. The van der Waals surface area contributed by atoms with Gasteiger partial charge in [-0.05, 0) is 95.4 Å². The molecule has 0 radical (unpaired) electrons. The van der Waals surface area contributed by atoms with Crippen LogP contribution in [0.3, 0.4) is 0 Å². The Bertz CT molecular complexity index is 1620. The van der Waals surface area contributed by atoms with E-state index in [0.717, 1.165) is 10.4 Å². The van der Waals surface area contributed by atoms with Crippen LogP contribution >= 0.6 is 0 Å². The lowest BCUT2D eigenvalue weighted by molar-refractivity contribution is 1.79. The monoisotopic (exact) mass is 401 g/mol. The molecule has 0 fully saturated rings. The maximum absolute atomic E-state index is 4.59. The van der Waals surface area contributed by atoms with E-state index in [-0.39, 0.29) is 9.31 Å². The summed E-state index contributed by atoms with van der Waals surface area (Å²) in [4.78, 5) is 0. The maximum atomic E-state index is 4.59. The number of hydrogen-bond donors (Lipinski definition) is 0. The second-order valence-electron chi connectivity index (χ2n) is 7.71. The average molecular weight is 402 g/mol. The quantitative estimate of drug-likeness (QED) is 0.209. The summed E-state index contributed by atoms with van der Waals surface area (Å²) in [5.74, 6) is 0.